The van der Waals surface area contributed by atoms with E-state index < -0.39 is 18.3 Å². The van der Waals surface area contributed by atoms with Gasteiger partial charge in [-0.15, -0.1) is 0 Å². The molecule has 0 aromatic heterocycles. The summed E-state index contributed by atoms with van der Waals surface area (Å²) in [5.41, 5.74) is 0. The van der Waals surface area contributed by atoms with Crippen LogP contribution in [0.15, 0.2) is 121 Å². The van der Waals surface area contributed by atoms with Crippen LogP contribution < -0.4 is 21.2 Å². The Balaban J connectivity index is 2.05. The number of halogens is 2. The molecular weight excluding hydrogens is 457 g/mol. The van der Waals surface area contributed by atoms with Gasteiger partial charge in [0.15, 0.2) is 14.5 Å². The molecule has 0 atom stereocenters. The van der Waals surface area contributed by atoms with Gasteiger partial charge in [-0.1, -0.05) is 72.8 Å². The van der Waals surface area contributed by atoms with Crippen LogP contribution in [0.3, 0.4) is 0 Å². The van der Waals surface area contributed by atoms with Crippen molar-refractivity contribution >= 4 is 58.9 Å². The highest BCUT2D eigenvalue weighted by Crippen LogP contribution is 2.85. The lowest BCUT2D eigenvalue weighted by Crippen LogP contribution is -2.42. The minimum Gasteiger partial charge on any atom is -0.0620 e. The summed E-state index contributed by atoms with van der Waals surface area (Å²) < 4.78 is -1.01. The summed E-state index contributed by atoms with van der Waals surface area (Å²) in [6, 6.07) is 42.3. The maximum atomic E-state index is 7.75. The summed E-state index contributed by atoms with van der Waals surface area (Å²) in [6.45, 7) is 4.59. The Kier molecular flexibility index (Phi) is 6.57. The highest BCUT2D eigenvalue weighted by molar-refractivity contribution is 8.09. The van der Waals surface area contributed by atoms with Crippen LogP contribution in [-0.2, 0) is 0 Å². The molecule has 4 aromatic rings. The first-order chi connectivity index (χ1) is 14.9. The lowest BCUT2D eigenvalue weighted by molar-refractivity contribution is 1.58. The van der Waals surface area contributed by atoms with Crippen LogP contribution in [0.2, 0.25) is 0 Å². The Labute approximate surface area is 196 Å². The summed E-state index contributed by atoms with van der Waals surface area (Å²) >= 11 is 15.5. The molecule has 0 spiro atoms. The van der Waals surface area contributed by atoms with Crippen LogP contribution in [0.5, 0.6) is 0 Å². The predicted octanol–water partition coefficient (Wildman–Crippen LogP) is 6.67. The van der Waals surface area contributed by atoms with Gasteiger partial charge in [0.25, 0.3) is 0 Å². The van der Waals surface area contributed by atoms with Crippen molar-refractivity contribution in [3.63, 3.8) is 0 Å². The molecule has 0 nitrogen and oxygen atoms in total. The Morgan fingerprint density at radius 2 is 0.613 bits per heavy atom. The molecule has 0 fully saturated rings. The van der Waals surface area contributed by atoms with Gasteiger partial charge in [-0.2, -0.15) is 0 Å². The van der Waals surface area contributed by atoms with E-state index in [1.165, 1.54) is 21.2 Å². The van der Waals surface area contributed by atoms with Gasteiger partial charge >= 0.3 is 3.82 Å². The van der Waals surface area contributed by atoms with Gasteiger partial charge in [0.2, 0.25) is 0 Å². The summed E-state index contributed by atoms with van der Waals surface area (Å²) in [7, 11) is -4.50. The zero-order chi connectivity index (χ0) is 22.0. The quantitative estimate of drug-likeness (QED) is 0.212. The Bertz CT molecular complexity index is 945. The maximum Gasteiger partial charge on any atom is 0.340 e. The van der Waals surface area contributed by atoms with Crippen LogP contribution in [0.4, 0.5) is 0 Å². The molecule has 0 unspecified atom stereocenters. The molecule has 0 aliphatic heterocycles. The van der Waals surface area contributed by atoms with Crippen molar-refractivity contribution < 1.29 is 0 Å². The van der Waals surface area contributed by atoms with Crippen molar-refractivity contribution in [2.75, 3.05) is 13.3 Å². The fourth-order valence-electron chi connectivity index (χ4n) is 4.22. The summed E-state index contributed by atoms with van der Waals surface area (Å²) in [5.74, 6) is 0. The van der Waals surface area contributed by atoms with E-state index in [9.17, 15) is 0 Å². The largest absolute Gasteiger partial charge is 0.340 e. The van der Waals surface area contributed by atoms with Crippen molar-refractivity contribution in [1.29, 1.82) is 0 Å². The van der Waals surface area contributed by atoms with Crippen molar-refractivity contribution in [2.45, 2.75) is 3.82 Å². The molecule has 0 N–H and O–H groups in total. The summed E-state index contributed by atoms with van der Waals surface area (Å²) in [4.78, 5) is 0. The molecule has 0 aliphatic rings. The van der Waals surface area contributed by atoms with Gasteiger partial charge in [0.05, 0.1) is 13.3 Å². The maximum absolute atomic E-state index is 7.75. The van der Waals surface area contributed by atoms with Gasteiger partial charge in [0.1, 0.15) is 21.2 Å². The molecule has 0 bridgehead atoms. The molecule has 0 amide bonds. The monoisotopic (exact) mass is 482 g/mol. The van der Waals surface area contributed by atoms with E-state index in [2.05, 4.69) is 110 Å². The van der Waals surface area contributed by atoms with Gasteiger partial charge in [-0.25, -0.2) is 0 Å². The number of rotatable bonds is 6. The molecule has 31 heavy (non-hydrogen) atoms. The Morgan fingerprint density at radius 3 is 0.806 bits per heavy atom. The molecule has 0 saturated heterocycles. The van der Waals surface area contributed by atoms with Gasteiger partial charge in [0, 0.05) is 0 Å². The van der Waals surface area contributed by atoms with E-state index >= 15 is 0 Å². The van der Waals surface area contributed by atoms with Crippen molar-refractivity contribution in [2.24, 2.45) is 0 Å². The Hall–Kier alpha value is -1.68. The minimum atomic E-state index is -2.25. The standard InChI is InChI=1S/C27H26Cl2P2/c1-30(23-15-7-3-8-16-23,24-17-9-4-10-18-24)27(28,29)31(2,25-19-11-5-12-20-25)26-21-13-6-14-22-26/h3-22H,1-2H3/q+2. The number of benzene rings is 4. The lowest BCUT2D eigenvalue weighted by atomic mass is 10.4. The predicted molar refractivity (Wildman–Crippen MR) is 144 cm³/mol. The van der Waals surface area contributed by atoms with Crippen LogP contribution in [0.1, 0.15) is 0 Å². The van der Waals surface area contributed by atoms with Crippen molar-refractivity contribution in [3.8, 4) is 0 Å². The number of alkyl halides is 2. The normalized spacial score (nSPS) is 12.5. The van der Waals surface area contributed by atoms with Gasteiger partial charge < -0.3 is 0 Å². The zero-order valence-corrected chi connectivity index (χ0v) is 21.0. The van der Waals surface area contributed by atoms with Crippen LogP contribution in [0, 0.1) is 0 Å². The van der Waals surface area contributed by atoms with Crippen molar-refractivity contribution in [1.82, 2.24) is 0 Å². The molecule has 0 aliphatic carbocycles. The first-order valence-electron chi connectivity index (χ1n) is 10.3. The lowest BCUT2D eigenvalue weighted by Gasteiger charge is -2.39. The molecule has 0 saturated carbocycles. The van der Waals surface area contributed by atoms with Crippen LogP contribution in [-0.4, -0.2) is 17.1 Å². The van der Waals surface area contributed by atoms with E-state index in [4.69, 9.17) is 23.2 Å². The molecular formula is C27H26Cl2P2+2. The van der Waals surface area contributed by atoms with Crippen LogP contribution in [0.25, 0.3) is 0 Å². The smallest absolute Gasteiger partial charge is 0.0620 e. The average Bonchev–Trinajstić information content (AvgIpc) is 2.85. The van der Waals surface area contributed by atoms with Gasteiger partial charge in [-0.05, 0) is 71.7 Å². The van der Waals surface area contributed by atoms with E-state index in [1.807, 2.05) is 24.3 Å². The van der Waals surface area contributed by atoms with E-state index in [0.29, 0.717) is 0 Å². The highest BCUT2D eigenvalue weighted by Gasteiger charge is 2.73. The van der Waals surface area contributed by atoms with Gasteiger partial charge in [-0.3, -0.25) is 0 Å². The third-order valence-electron chi connectivity index (χ3n) is 6.17. The average molecular weight is 483 g/mol. The number of hydrogen-bond acceptors (Lipinski definition) is 0. The second-order valence-electron chi connectivity index (χ2n) is 7.86. The third-order valence-corrected chi connectivity index (χ3v) is 20.1. The Morgan fingerprint density at radius 1 is 0.419 bits per heavy atom. The molecule has 0 radical (unpaired) electrons. The first kappa shape index (κ1) is 22.5. The van der Waals surface area contributed by atoms with E-state index in [1.54, 1.807) is 0 Å². The zero-order valence-electron chi connectivity index (χ0n) is 17.7. The summed E-state index contributed by atoms with van der Waals surface area (Å²) in [5, 5.41) is 4.85. The fraction of sp³-hybridized carbons (Fsp3) is 0.111. The molecule has 4 heteroatoms. The first-order valence-corrected chi connectivity index (χ1v) is 15.5. The molecule has 4 rings (SSSR count). The second-order valence-corrected chi connectivity index (χ2v) is 18.0. The van der Waals surface area contributed by atoms with E-state index in [0.717, 1.165) is 0 Å². The van der Waals surface area contributed by atoms with Crippen LogP contribution >= 0.6 is 37.7 Å². The minimum absolute atomic E-state index is 1.01. The number of hydrogen-bond donors (Lipinski definition) is 0. The molecule has 4 aromatic carbocycles. The topological polar surface area (TPSA) is 0 Å². The van der Waals surface area contributed by atoms with Crippen molar-refractivity contribution in [3.05, 3.63) is 121 Å². The SMILES string of the molecule is C[P+](c1ccccc1)(c1ccccc1)C(Cl)(Cl)[P+](C)(c1ccccc1)c1ccccc1. The third kappa shape index (κ3) is 3.75. The molecule has 156 valence electrons. The highest BCUT2D eigenvalue weighted by atomic mass is 35.5. The van der Waals surface area contributed by atoms with E-state index in [-0.39, 0.29) is 0 Å². The summed E-state index contributed by atoms with van der Waals surface area (Å²) in [6.07, 6.45) is 0. The second kappa shape index (κ2) is 9.05. The fourth-order valence-corrected chi connectivity index (χ4v) is 16.1. The molecule has 0 heterocycles.